The highest BCUT2D eigenvalue weighted by atomic mass is 14.7. The van der Waals surface area contributed by atoms with E-state index < -0.39 is 0 Å². The van der Waals surface area contributed by atoms with Gasteiger partial charge in [0, 0.05) is 23.0 Å². The van der Waals surface area contributed by atoms with Crippen molar-refractivity contribution in [2.24, 2.45) is 5.92 Å². The summed E-state index contributed by atoms with van der Waals surface area (Å²) >= 11 is 0. The molecule has 0 fully saturated rings. The highest BCUT2D eigenvalue weighted by molar-refractivity contribution is 5.88. The number of H-pyrrole nitrogens is 1. The van der Waals surface area contributed by atoms with E-state index in [2.05, 4.69) is 35.8 Å². The summed E-state index contributed by atoms with van der Waals surface area (Å²) in [5.74, 6) is 0.185. The number of nitrogens with zero attached hydrogens (tertiary/aromatic N) is 1. The van der Waals surface area contributed by atoms with Gasteiger partial charge in [-0.1, -0.05) is 24.3 Å². The molecule has 1 N–H and O–H groups in total. The first-order valence-corrected chi connectivity index (χ1v) is 5.86. The molecule has 2 heteroatoms. The van der Waals surface area contributed by atoms with Crippen molar-refractivity contribution in [2.75, 3.05) is 0 Å². The fourth-order valence-corrected chi connectivity index (χ4v) is 2.89. The third-order valence-electron chi connectivity index (χ3n) is 3.77. The first-order chi connectivity index (χ1) is 8.22. The molecule has 2 nitrogen and oxygen atoms in total. The van der Waals surface area contributed by atoms with Gasteiger partial charge < -0.3 is 4.98 Å². The van der Waals surface area contributed by atoms with Crippen LogP contribution >= 0.6 is 0 Å². The molecule has 84 valence electrons. The van der Waals surface area contributed by atoms with Crippen molar-refractivity contribution < 1.29 is 0 Å². The van der Waals surface area contributed by atoms with E-state index in [0.717, 1.165) is 23.1 Å². The monoisotopic (exact) mass is 222 g/mol. The van der Waals surface area contributed by atoms with Crippen LogP contribution in [-0.2, 0) is 6.42 Å². The molecule has 2 atom stereocenters. The largest absolute Gasteiger partial charge is 0.361 e. The highest BCUT2D eigenvalue weighted by Gasteiger charge is 2.31. The van der Waals surface area contributed by atoms with Gasteiger partial charge in [0.25, 0.3) is 0 Å². The van der Waals surface area contributed by atoms with Crippen molar-refractivity contribution in [3.63, 3.8) is 0 Å². The van der Waals surface area contributed by atoms with Crippen LogP contribution in [0.15, 0.2) is 36.5 Å². The van der Waals surface area contributed by atoms with Gasteiger partial charge >= 0.3 is 0 Å². The highest BCUT2D eigenvalue weighted by Crippen LogP contribution is 2.42. The molecule has 0 spiro atoms. The van der Waals surface area contributed by atoms with Gasteiger partial charge in [-0.25, -0.2) is 0 Å². The van der Waals surface area contributed by atoms with Gasteiger partial charge in [0.2, 0.25) is 0 Å². The maximum atomic E-state index is 9.40. The molecule has 0 unspecified atom stereocenters. The minimum absolute atomic E-state index is 0.0591. The van der Waals surface area contributed by atoms with Gasteiger partial charge in [0.05, 0.1) is 12.0 Å². The van der Waals surface area contributed by atoms with E-state index >= 15 is 0 Å². The zero-order valence-corrected chi connectivity index (χ0v) is 9.83. The first-order valence-electron chi connectivity index (χ1n) is 5.86. The summed E-state index contributed by atoms with van der Waals surface area (Å²) in [6, 6.07) is 8.73. The molecule has 1 aromatic carbocycles. The molecular formula is C15H14N2. The van der Waals surface area contributed by atoms with E-state index in [1.165, 1.54) is 10.9 Å². The van der Waals surface area contributed by atoms with Crippen molar-refractivity contribution in [3.05, 3.63) is 47.7 Å². The summed E-state index contributed by atoms with van der Waals surface area (Å²) < 4.78 is 0. The molecule has 3 rings (SSSR count). The molecule has 0 amide bonds. The van der Waals surface area contributed by atoms with Crippen LogP contribution in [0, 0.1) is 17.2 Å². The average Bonchev–Trinajstić information content (AvgIpc) is 2.75. The fourth-order valence-electron chi connectivity index (χ4n) is 2.89. The molecule has 1 aliphatic carbocycles. The molecule has 0 aliphatic heterocycles. The molecule has 2 aromatic rings. The maximum Gasteiger partial charge on any atom is 0.0801 e. The number of rotatable bonds is 1. The number of allylic oxidation sites excluding steroid dienone is 1. The van der Waals surface area contributed by atoms with Crippen LogP contribution in [-0.4, -0.2) is 4.98 Å². The summed E-state index contributed by atoms with van der Waals surface area (Å²) in [5.41, 5.74) is 4.70. The minimum atomic E-state index is -0.0591. The van der Waals surface area contributed by atoms with Gasteiger partial charge in [-0.05, 0) is 30.5 Å². The predicted molar refractivity (Wildman–Crippen MR) is 68.7 cm³/mol. The lowest BCUT2D eigenvalue weighted by atomic mass is 9.74. The SMILES string of the molecule is C=C(C)[C@@H]1Cc2cccc3[nH]cc(c23)[C@@H]1C#N. The summed E-state index contributed by atoms with van der Waals surface area (Å²) in [4.78, 5) is 3.26. The van der Waals surface area contributed by atoms with Crippen LogP contribution in [0.2, 0.25) is 0 Å². The quantitative estimate of drug-likeness (QED) is 0.737. The number of benzene rings is 1. The number of hydrogen-bond donors (Lipinski definition) is 1. The zero-order chi connectivity index (χ0) is 12.0. The molecule has 0 saturated heterocycles. The number of nitriles is 1. The Balaban J connectivity index is 2.28. The Morgan fingerprint density at radius 2 is 2.35 bits per heavy atom. The van der Waals surface area contributed by atoms with Crippen LogP contribution in [0.3, 0.4) is 0 Å². The Bertz CT molecular complexity index is 642. The molecule has 0 radical (unpaired) electrons. The number of aromatic nitrogens is 1. The molecular weight excluding hydrogens is 208 g/mol. The maximum absolute atomic E-state index is 9.40. The van der Waals surface area contributed by atoms with Crippen molar-refractivity contribution in [3.8, 4) is 6.07 Å². The second kappa shape index (κ2) is 3.49. The molecule has 1 heterocycles. The van der Waals surface area contributed by atoms with Crippen LogP contribution in [0.5, 0.6) is 0 Å². The zero-order valence-electron chi connectivity index (χ0n) is 9.83. The lowest BCUT2D eigenvalue weighted by Gasteiger charge is -2.27. The van der Waals surface area contributed by atoms with Crippen molar-refractivity contribution >= 4 is 10.9 Å². The summed E-state index contributed by atoms with van der Waals surface area (Å²) in [7, 11) is 0. The number of hydrogen-bond acceptors (Lipinski definition) is 1. The Morgan fingerprint density at radius 1 is 1.53 bits per heavy atom. The third kappa shape index (κ3) is 1.32. The smallest absolute Gasteiger partial charge is 0.0801 e. The fraction of sp³-hybridized carbons (Fsp3) is 0.267. The van der Waals surface area contributed by atoms with Crippen LogP contribution in [0.4, 0.5) is 0 Å². The number of nitrogens with one attached hydrogen (secondary N) is 1. The summed E-state index contributed by atoms with van der Waals surface area (Å²) in [6.45, 7) is 6.06. The van der Waals surface area contributed by atoms with E-state index in [9.17, 15) is 5.26 Å². The molecule has 0 bridgehead atoms. The number of aromatic amines is 1. The van der Waals surface area contributed by atoms with Crippen LogP contribution in [0.25, 0.3) is 10.9 Å². The van der Waals surface area contributed by atoms with Gasteiger partial charge in [0.1, 0.15) is 0 Å². The molecule has 17 heavy (non-hydrogen) atoms. The Morgan fingerprint density at radius 3 is 3.06 bits per heavy atom. The summed E-state index contributed by atoms with van der Waals surface area (Å²) in [5, 5.41) is 10.6. The lowest BCUT2D eigenvalue weighted by molar-refractivity contribution is 0.550. The van der Waals surface area contributed by atoms with Gasteiger partial charge in [-0.3, -0.25) is 0 Å². The molecule has 1 aliphatic rings. The minimum Gasteiger partial charge on any atom is -0.361 e. The Labute approximate surface area is 101 Å². The van der Waals surface area contributed by atoms with E-state index in [1.807, 2.05) is 13.1 Å². The predicted octanol–water partition coefficient (Wildman–Crippen LogP) is 3.52. The second-order valence-corrected chi connectivity index (χ2v) is 4.85. The van der Waals surface area contributed by atoms with Gasteiger partial charge in [-0.15, -0.1) is 0 Å². The van der Waals surface area contributed by atoms with Crippen LogP contribution < -0.4 is 0 Å². The molecule has 1 aromatic heterocycles. The van der Waals surface area contributed by atoms with Crippen molar-refractivity contribution in [1.29, 1.82) is 5.26 Å². The van der Waals surface area contributed by atoms with Gasteiger partial charge in [0.15, 0.2) is 0 Å². The van der Waals surface area contributed by atoms with Gasteiger partial charge in [-0.2, -0.15) is 5.26 Å². The van der Waals surface area contributed by atoms with E-state index in [1.54, 1.807) is 0 Å². The first kappa shape index (κ1) is 10.2. The van der Waals surface area contributed by atoms with Crippen molar-refractivity contribution in [2.45, 2.75) is 19.3 Å². The van der Waals surface area contributed by atoms with E-state index in [0.29, 0.717) is 0 Å². The normalized spacial score (nSPS) is 22.4. The van der Waals surface area contributed by atoms with E-state index in [-0.39, 0.29) is 11.8 Å². The lowest BCUT2D eigenvalue weighted by Crippen LogP contribution is -2.19. The van der Waals surface area contributed by atoms with Crippen LogP contribution in [0.1, 0.15) is 24.0 Å². The van der Waals surface area contributed by atoms with E-state index in [4.69, 9.17) is 0 Å². The average molecular weight is 222 g/mol. The standard InChI is InChI=1S/C15H14N2/c1-9(2)11-6-10-4-3-5-14-15(10)13(8-17-14)12(11)7-16/h3-5,8,11-12,17H,1,6H2,2H3/t11-,12+/m0/s1. The third-order valence-corrected chi connectivity index (χ3v) is 3.77. The second-order valence-electron chi connectivity index (χ2n) is 4.85. The Hall–Kier alpha value is -2.01. The summed E-state index contributed by atoms with van der Waals surface area (Å²) in [6.07, 6.45) is 2.91. The topological polar surface area (TPSA) is 39.6 Å². The van der Waals surface area contributed by atoms with Crippen molar-refractivity contribution in [1.82, 2.24) is 4.98 Å². The Kier molecular flexibility index (Phi) is 2.09. The molecule has 0 saturated carbocycles.